The molecule has 1 amide bonds. The van der Waals surface area contributed by atoms with Gasteiger partial charge in [-0.2, -0.15) is 0 Å². The smallest absolute Gasteiger partial charge is 0.271 e. The normalized spacial score (nSPS) is 12.0. The standard InChI is InChI=1S/C23H19N3O3/c1-14(15-8-4-2-5-9-15)26-19-13-25-20(22(24)28)21(27)18(19)12-17(23(26)29)16-10-6-3-7-11-16/h2-14,27H,1H3,(H2,24,28). The molecule has 0 aliphatic heterocycles. The Bertz CT molecular complexity index is 1270. The molecule has 4 aromatic rings. The Hall–Kier alpha value is -3.93. The van der Waals surface area contributed by atoms with Gasteiger partial charge < -0.3 is 10.8 Å². The molecule has 6 heteroatoms. The lowest BCUT2D eigenvalue weighted by atomic mass is 10.0. The summed E-state index contributed by atoms with van der Waals surface area (Å²) < 4.78 is 1.59. The Kier molecular flexibility index (Phi) is 4.60. The van der Waals surface area contributed by atoms with Crippen molar-refractivity contribution >= 4 is 16.8 Å². The van der Waals surface area contributed by atoms with Gasteiger partial charge in [0.15, 0.2) is 11.4 Å². The van der Waals surface area contributed by atoms with E-state index in [9.17, 15) is 14.7 Å². The van der Waals surface area contributed by atoms with Crippen molar-refractivity contribution in [2.75, 3.05) is 0 Å². The maximum Gasteiger partial charge on any atom is 0.271 e. The van der Waals surface area contributed by atoms with Crippen LogP contribution in [0.5, 0.6) is 5.75 Å². The summed E-state index contributed by atoms with van der Waals surface area (Å²) in [6, 6.07) is 20.0. The van der Waals surface area contributed by atoms with Gasteiger partial charge >= 0.3 is 0 Å². The summed E-state index contributed by atoms with van der Waals surface area (Å²) in [5.41, 5.74) is 7.38. The maximum absolute atomic E-state index is 13.5. The summed E-state index contributed by atoms with van der Waals surface area (Å²) in [6.07, 6.45) is 1.41. The zero-order chi connectivity index (χ0) is 20.5. The lowest BCUT2D eigenvalue weighted by Gasteiger charge is -2.20. The van der Waals surface area contributed by atoms with Crippen molar-refractivity contribution < 1.29 is 9.90 Å². The van der Waals surface area contributed by atoms with Gasteiger partial charge in [-0.05, 0) is 24.1 Å². The molecule has 144 valence electrons. The predicted octanol–water partition coefficient (Wildman–Crippen LogP) is 3.48. The molecule has 6 nitrogen and oxygen atoms in total. The average Bonchev–Trinajstić information content (AvgIpc) is 2.74. The van der Waals surface area contributed by atoms with Crippen LogP contribution in [0.3, 0.4) is 0 Å². The minimum Gasteiger partial charge on any atom is -0.505 e. The highest BCUT2D eigenvalue weighted by atomic mass is 16.3. The molecule has 0 radical (unpaired) electrons. The van der Waals surface area contributed by atoms with Crippen LogP contribution in [0, 0.1) is 0 Å². The molecular formula is C23H19N3O3. The van der Waals surface area contributed by atoms with Crippen LogP contribution >= 0.6 is 0 Å². The molecule has 4 rings (SSSR count). The van der Waals surface area contributed by atoms with Crippen molar-refractivity contribution in [3.63, 3.8) is 0 Å². The number of benzene rings is 2. The van der Waals surface area contributed by atoms with Crippen LogP contribution in [-0.4, -0.2) is 20.6 Å². The molecule has 2 aromatic heterocycles. The van der Waals surface area contributed by atoms with Crippen molar-refractivity contribution in [1.29, 1.82) is 0 Å². The number of amides is 1. The lowest BCUT2D eigenvalue weighted by Crippen LogP contribution is -2.26. The first kappa shape index (κ1) is 18.4. The number of carbonyl (C=O) groups excluding carboxylic acids is 1. The van der Waals surface area contributed by atoms with Crippen LogP contribution in [0.25, 0.3) is 22.0 Å². The number of primary amides is 1. The average molecular weight is 385 g/mol. The van der Waals surface area contributed by atoms with Crippen molar-refractivity contribution in [2.45, 2.75) is 13.0 Å². The zero-order valence-electron chi connectivity index (χ0n) is 15.7. The second kappa shape index (κ2) is 7.24. The van der Waals surface area contributed by atoms with Gasteiger partial charge in [-0.3, -0.25) is 14.2 Å². The molecule has 0 aliphatic rings. The first-order chi connectivity index (χ1) is 14.0. The quantitative estimate of drug-likeness (QED) is 0.562. The summed E-state index contributed by atoms with van der Waals surface area (Å²) in [4.78, 5) is 29.2. The molecule has 2 heterocycles. The van der Waals surface area contributed by atoms with Gasteiger partial charge in [0.05, 0.1) is 17.8 Å². The number of fused-ring (bicyclic) bond motifs is 1. The highest BCUT2D eigenvalue weighted by molar-refractivity contribution is 6.00. The van der Waals surface area contributed by atoms with Crippen LogP contribution in [-0.2, 0) is 0 Å². The fourth-order valence-electron chi connectivity index (χ4n) is 3.55. The van der Waals surface area contributed by atoms with E-state index in [-0.39, 0.29) is 23.0 Å². The molecule has 0 saturated heterocycles. The zero-order valence-corrected chi connectivity index (χ0v) is 15.7. The van der Waals surface area contributed by atoms with Gasteiger partial charge in [0, 0.05) is 10.9 Å². The van der Waals surface area contributed by atoms with E-state index in [1.165, 1.54) is 6.20 Å². The van der Waals surface area contributed by atoms with Crippen LogP contribution in [0.2, 0.25) is 0 Å². The third kappa shape index (κ3) is 3.14. The third-order valence-corrected chi connectivity index (χ3v) is 5.06. The Balaban J connectivity index is 2.10. The largest absolute Gasteiger partial charge is 0.505 e. The SMILES string of the molecule is CC(c1ccccc1)n1c(=O)c(-c2ccccc2)cc2c(O)c(C(N)=O)ncc21. The number of aromatic nitrogens is 2. The Labute approximate surface area is 166 Å². The Morgan fingerprint density at radius 3 is 2.31 bits per heavy atom. The van der Waals surface area contributed by atoms with Crippen molar-refractivity contribution in [1.82, 2.24) is 9.55 Å². The first-order valence-electron chi connectivity index (χ1n) is 9.16. The first-order valence-corrected chi connectivity index (χ1v) is 9.16. The summed E-state index contributed by atoms with van der Waals surface area (Å²) in [5.74, 6) is -1.17. The van der Waals surface area contributed by atoms with Crippen LogP contribution in [0.1, 0.15) is 29.0 Å². The van der Waals surface area contributed by atoms with E-state index in [0.717, 1.165) is 5.56 Å². The molecule has 0 aliphatic carbocycles. The summed E-state index contributed by atoms with van der Waals surface area (Å²) in [7, 11) is 0. The highest BCUT2D eigenvalue weighted by Crippen LogP contribution is 2.32. The number of nitrogens with two attached hydrogens (primary N) is 1. The molecule has 3 N–H and O–H groups in total. The van der Waals surface area contributed by atoms with Crippen molar-refractivity contribution in [3.8, 4) is 16.9 Å². The molecule has 29 heavy (non-hydrogen) atoms. The van der Waals surface area contributed by atoms with E-state index in [1.807, 2.05) is 67.6 Å². The highest BCUT2D eigenvalue weighted by Gasteiger charge is 2.21. The minimum atomic E-state index is -0.834. The molecule has 1 atom stereocenters. The summed E-state index contributed by atoms with van der Waals surface area (Å²) in [5, 5.41) is 11.0. The number of aromatic hydroxyl groups is 1. The van der Waals surface area contributed by atoms with Gasteiger partial charge in [-0.25, -0.2) is 4.98 Å². The minimum absolute atomic E-state index is 0.215. The Morgan fingerprint density at radius 2 is 1.69 bits per heavy atom. The summed E-state index contributed by atoms with van der Waals surface area (Å²) >= 11 is 0. The third-order valence-electron chi connectivity index (χ3n) is 5.06. The second-order valence-electron chi connectivity index (χ2n) is 6.80. The number of hydrogen-bond acceptors (Lipinski definition) is 4. The fourth-order valence-corrected chi connectivity index (χ4v) is 3.55. The van der Waals surface area contributed by atoms with Gasteiger partial charge in [-0.15, -0.1) is 0 Å². The van der Waals surface area contributed by atoms with E-state index in [1.54, 1.807) is 10.6 Å². The number of rotatable bonds is 4. The van der Waals surface area contributed by atoms with Gasteiger partial charge in [-0.1, -0.05) is 60.7 Å². The topological polar surface area (TPSA) is 98.2 Å². The van der Waals surface area contributed by atoms with Gasteiger partial charge in [0.1, 0.15) is 0 Å². The number of pyridine rings is 2. The molecule has 0 saturated carbocycles. The summed E-state index contributed by atoms with van der Waals surface area (Å²) in [6.45, 7) is 1.91. The maximum atomic E-state index is 13.5. The second-order valence-corrected chi connectivity index (χ2v) is 6.80. The Morgan fingerprint density at radius 1 is 1.07 bits per heavy atom. The predicted molar refractivity (Wildman–Crippen MR) is 112 cm³/mol. The van der Waals surface area contributed by atoms with Gasteiger partial charge in [0.25, 0.3) is 11.5 Å². The van der Waals surface area contributed by atoms with E-state index in [4.69, 9.17) is 5.73 Å². The lowest BCUT2D eigenvalue weighted by molar-refractivity contribution is 0.0993. The monoisotopic (exact) mass is 385 g/mol. The molecule has 0 bridgehead atoms. The molecular weight excluding hydrogens is 366 g/mol. The fraction of sp³-hybridized carbons (Fsp3) is 0.0870. The molecule has 0 spiro atoms. The van der Waals surface area contributed by atoms with E-state index >= 15 is 0 Å². The number of nitrogens with zero attached hydrogens (tertiary/aromatic N) is 2. The number of hydrogen-bond donors (Lipinski definition) is 2. The number of carbonyl (C=O) groups is 1. The van der Waals surface area contributed by atoms with Crippen molar-refractivity contribution in [2.24, 2.45) is 5.73 Å². The van der Waals surface area contributed by atoms with E-state index in [0.29, 0.717) is 22.0 Å². The molecule has 2 aromatic carbocycles. The van der Waals surface area contributed by atoms with E-state index in [2.05, 4.69) is 4.98 Å². The van der Waals surface area contributed by atoms with Crippen LogP contribution < -0.4 is 11.3 Å². The van der Waals surface area contributed by atoms with Crippen LogP contribution in [0.4, 0.5) is 0 Å². The molecule has 1 unspecified atom stereocenters. The van der Waals surface area contributed by atoms with Crippen LogP contribution in [0.15, 0.2) is 77.7 Å². The molecule has 0 fully saturated rings. The van der Waals surface area contributed by atoms with Crippen molar-refractivity contribution in [3.05, 3.63) is 94.5 Å². The van der Waals surface area contributed by atoms with Gasteiger partial charge in [0.2, 0.25) is 0 Å². The van der Waals surface area contributed by atoms with E-state index < -0.39 is 5.91 Å².